The minimum Gasteiger partial charge on any atom is -0.396 e. The second-order valence-electron chi connectivity index (χ2n) is 4.62. The third-order valence-electron chi connectivity index (χ3n) is 3.26. The van der Waals surface area contributed by atoms with Crippen LogP contribution in [0.25, 0.3) is 0 Å². The highest BCUT2D eigenvalue weighted by atomic mass is 16.3. The molecule has 0 radical (unpaired) electrons. The third-order valence-corrected chi connectivity index (χ3v) is 3.26. The van der Waals surface area contributed by atoms with Crippen molar-refractivity contribution in [1.82, 2.24) is 15.3 Å². The minimum atomic E-state index is -0.159. The molecule has 0 atom stereocenters. The molecule has 4 N–H and O–H groups in total. The Labute approximate surface area is 106 Å². The van der Waals surface area contributed by atoms with Crippen molar-refractivity contribution in [1.29, 1.82) is 0 Å². The van der Waals surface area contributed by atoms with E-state index in [0.717, 1.165) is 25.9 Å². The fourth-order valence-electron chi connectivity index (χ4n) is 2.24. The Morgan fingerprint density at radius 1 is 1.44 bits per heavy atom. The molecule has 0 spiro atoms. The maximum Gasteiger partial charge on any atom is 0.255 e. The number of aliphatic hydroxyl groups excluding tert-OH is 1. The SMILES string of the molecule is Cc1nc(NC2CCNCC2)[nH]c(=O)c1CCO. The van der Waals surface area contributed by atoms with E-state index < -0.39 is 0 Å². The van der Waals surface area contributed by atoms with Gasteiger partial charge >= 0.3 is 0 Å². The number of hydrogen-bond acceptors (Lipinski definition) is 5. The summed E-state index contributed by atoms with van der Waals surface area (Å²) in [5, 5.41) is 15.4. The largest absolute Gasteiger partial charge is 0.396 e. The van der Waals surface area contributed by atoms with Crippen LogP contribution in [-0.4, -0.2) is 40.8 Å². The predicted molar refractivity (Wildman–Crippen MR) is 69.9 cm³/mol. The summed E-state index contributed by atoms with van der Waals surface area (Å²) in [4.78, 5) is 18.9. The summed E-state index contributed by atoms with van der Waals surface area (Å²) < 4.78 is 0. The molecule has 1 aliphatic heterocycles. The Morgan fingerprint density at radius 2 is 2.17 bits per heavy atom. The van der Waals surface area contributed by atoms with Crippen LogP contribution < -0.4 is 16.2 Å². The van der Waals surface area contributed by atoms with Crippen LogP contribution in [0.2, 0.25) is 0 Å². The zero-order valence-corrected chi connectivity index (χ0v) is 10.6. The van der Waals surface area contributed by atoms with Crippen LogP contribution in [0.15, 0.2) is 4.79 Å². The van der Waals surface area contributed by atoms with Gasteiger partial charge in [-0.05, 0) is 32.9 Å². The van der Waals surface area contributed by atoms with E-state index in [-0.39, 0.29) is 12.2 Å². The first-order valence-electron chi connectivity index (χ1n) is 6.38. The molecule has 1 aliphatic rings. The number of aromatic nitrogens is 2. The van der Waals surface area contributed by atoms with Gasteiger partial charge in [0, 0.05) is 24.6 Å². The monoisotopic (exact) mass is 252 g/mol. The number of aryl methyl sites for hydroxylation is 1. The highest BCUT2D eigenvalue weighted by Crippen LogP contribution is 2.09. The summed E-state index contributed by atoms with van der Waals surface area (Å²) in [5.74, 6) is 0.533. The van der Waals surface area contributed by atoms with Crippen molar-refractivity contribution in [2.75, 3.05) is 25.0 Å². The molecular weight excluding hydrogens is 232 g/mol. The van der Waals surface area contributed by atoms with Crippen molar-refractivity contribution >= 4 is 5.95 Å². The van der Waals surface area contributed by atoms with Crippen LogP contribution in [0.3, 0.4) is 0 Å². The molecule has 100 valence electrons. The zero-order valence-electron chi connectivity index (χ0n) is 10.6. The summed E-state index contributed by atoms with van der Waals surface area (Å²) in [6.07, 6.45) is 2.41. The predicted octanol–water partition coefficient (Wildman–Crippen LogP) is -0.223. The molecule has 1 saturated heterocycles. The highest BCUT2D eigenvalue weighted by molar-refractivity contribution is 5.30. The van der Waals surface area contributed by atoms with E-state index in [1.807, 2.05) is 0 Å². The molecule has 0 amide bonds. The van der Waals surface area contributed by atoms with Crippen LogP contribution in [0, 0.1) is 6.92 Å². The number of hydrogen-bond donors (Lipinski definition) is 4. The van der Waals surface area contributed by atoms with Gasteiger partial charge in [0.1, 0.15) is 0 Å². The van der Waals surface area contributed by atoms with E-state index in [4.69, 9.17) is 5.11 Å². The van der Waals surface area contributed by atoms with Gasteiger partial charge in [0.15, 0.2) is 0 Å². The summed E-state index contributed by atoms with van der Waals surface area (Å²) >= 11 is 0. The summed E-state index contributed by atoms with van der Waals surface area (Å²) in [7, 11) is 0. The maximum absolute atomic E-state index is 11.8. The maximum atomic E-state index is 11.8. The number of piperidine rings is 1. The van der Waals surface area contributed by atoms with Gasteiger partial charge in [-0.15, -0.1) is 0 Å². The van der Waals surface area contributed by atoms with Crippen molar-refractivity contribution in [3.63, 3.8) is 0 Å². The van der Waals surface area contributed by atoms with Gasteiger partial charge in [-0.25, -0.2) is 4.98 Å². The van der Waals surface area contributed by atoms with E-state index in [9.17, 15) is 4.79 Å². The quantitative estimate of drug-likeness (QED) is 0.595. The number of nitrogens with zero attached hydrogens (tertiary/aromatic N) is 1. The number of H-pyrrole nitrogens is 1. The summed E-state index contributed by atoms with van der Waals surface area (Å²) in [6.45, 7) is 3.74. The van der Waals surface area contributed by atoms with Gasteiger partial charge in [0.2, 0.25) is 5.95 Å². The number of aliphatic hydroxyl groups is 1. The van der Waals surface area contributed by atoms with Gasteiger partial charge in [0.05, 0.1) is 5.69 Å². The molecule has 6 heteroatoms. The Morgan fingerprint density at radius 3 is 2.78 bits per heavy atom. The lowest BCUT2D eigenvalue weighted by atomic mass is 10.1. The first-order chi connectivity index (χ1) is 8.70. The van der Waals surface area contributed by atoms with Crippen LogP contribution >= 0.6 is 0 Å². The average molecular weight is 252 g/mol. The van der Waals surface area contributed by atoms with Gasteiger partial charge in [-0.2, -0.15) is 0 Å². The second-order valence-corrected chi connectivity index (χ2v) is 4.62. The van der Waals surface area contributed by atoms with Crippen LogP contribution in [0.5, 0.6) is 0 Å². The molecule has 0 aromatic carbocycles. The lowest BCUT2D eigenvalue weighted by Gasteiger charge is -2.24. The van der Waals surface area contributed by atoms with Crippen LogP contribution in [0.4, 0.5) is 5.95 Å². The molecule has 0 saturated carbocycles. The van der Waals surface area contributed by atoms with Gasteiger partial charge in [-0.1, -0.05) is 0 Å². The fourth-order valence-corrected chi connectivity index (χ4v) is 2.24. The number of anilines is 1. The minimum absolute atomic E-state index is 0.0350. The Balaban J connectivity index is 2.11. The van der Waals surface area contributed by atoms with Crippen LogP contribution in [0.1, 0.15) is 24.1 Å². The van der Waals surface area contributed by atoms with Crippen molar-refractivity contribution in [2.24, 2.45) is 0 Å². The van der Waals surface area contributed by atoms with E-state index in [2.05, 4.69) is 20.6 Å². The summed E-state index contributed by atoms with van der Waals surface area (Å²) in [6, 6.07) is 0.359. The molecule has 1 aromatic heterocycles. The van der Waals surface area contributed by atoms with Crippen molar-refractivity contribution in [2.45, 2.75) is 32.2 Å². The lowest BCUT2D eigenvalue weighted by molar-refractivity contribution is 0.298. The van der Waals surface area contributed by atoms with E-state index in [1.54, 1.807) is 6.92 Å². The average Bonchev–Trinajstić information content (AvgIpc) is 2.35. The van der Waals surface area contributed by atoms with Crippen molar-refractivity contribution in [3.8, 4) is 0 Å². The van der Waals surface area contributed by atoms with Crippen LogP contribution in [-0.2, 0) is 6.42 Å². The number of aromatic amines is 1. The highest BCUT2D eigenvalue weighted by Gasteiger charge is 2.14. The first-order valence-corrected chi connectivity index (χ1v) is 6.38. The summed E-state index contributed by atoms with van der Waals surface area (Å²) in [5.41, 5.74) is 1.09. The Kier molecular flexibility index (Phi) is 4.33. The van der Waals surface area contributed by atoms with E-state index in [0.29, 0.717) is 29.7 Å². The molecule has 6 nitrogen and oxygen atoms in total. The molecule has 0 bridgehead atoms. The van der Waals surface area contributed by atoms with Gasteiger partial charge in [0.25, 0.3) is 5.56 Å². The lowest BCUT2D eigenvalue weighted by Crippen LogP contribution is -2.36. The zero-order chi connectivity index (χ0) is 13.0. The number of rotatable bonds is 4. The molecule has 0 aliphatic carbocycles. The molecule has 2 rings (SSSR count). The molecule has 1 aromatic rings. The van der Waals surface area contributed by atoms with Crippen molar-refractivity contribution < 1.29 is 5.11 Å². The number of nitrogens with one attached hydrogen (secondary N) is 3. The molecule has 2 heterocycles. The van der Waals surface area contributed by atoms with Gasteiger partial charge in [-0.3, -0.25) is 9.78 Å². The molecule has 1 fully saturated rings. The molecule has 18 heavy (non-hydrogen) atoms. The van der Waals surface area contributed by atoms with Crippen molar-refractivity contribution in [3.05, 3.63) is 21.6 Å². The fraction of sp³-hybridized carbons (Fsp3) is 0.667. The topological polar surface area (TPSA) is 90.0 Å². The Bertz CT molecular complexity index is 452. The van der Waals surface area contributed by atoms with E-state index >= 15 is 0 Å². The molecule has 0 unspecified atom stereocenters. The van der Waals surface area contributed by atoms with E-state index in [1.165, 1.54) is 0 Å². The first kappa shape index (κ1) is 13.0. The molecular formula is C12H20N4O2. The standard InChI is InChI=1S/C12H20N4O2/c1-8-10(4-7-17)11(18)16-12(14-8)15-9-2-5-13-6-3-9/h9,13,17H,2-7H2,1H3,(H2,14,15,16,18). The van der Waals surface area contributed by atoms with Gasteiger partial charge < -0.3 is 15.7 Å². The second kappa shape index (κ2) is 5.97. The normalized spacial score (nSPS) is 16.8. The Hall–Kier alpha value is -1.40. The smallest absolute Gasteiger partial charge is 0.255 e. The third kappa shape index (κ3) is 3.08.